The van der Waals surface area contributed by atoms with Crippen LogP contribution >= 0.6 is 0 Å². The second-order valence-corrected chi connectivity index (χ2v) is 5.42. The Morgan fingerprint density at radius 2 is 2.28 bits per heavy atom. The van der Waals surface area contributed by atoms with Gasteiger partial charge in [-0.25, -0.2) is 0 Å². The predicted octanol–water partition coefficient (Wildman–Crippen LogP) is 1.26. The van der Waals surface area contributed by atoms with Crippen molar-refractivity contribution in [1.29, 1.82) is 0 Å². The van der Waals surface area contributed by atoms with Crippen molar-refractivity contribution in [2.24, 2.45) is 5.92 Å². The van der Waals surface area contributed by atoms with Crippen LogP contribution in [0.2, 0.25) is 0 Å². The van der Waals surface area contributed by atoms with Crippen LogP contribution in [0.15, 0.2) is 18.5 Å². The van der Waals surface area contributed by atoms with Gasteiger partial charge in [0.1, 0.15) is 0 Å². The SMILES string of the molecule is Cc1cncc(C(=O)NC2CC[C@H]3NCC[C@@H]23)c1. The fourth-order valence-electron chi connectivity index (χ4n) is 3.27. The lowest BCUT2D eigenvalue weighted by molar-refractivity contribution is 0.0927. The summed E-state index contributed by atoms with van der Waals surface area (Å²) in [6.07, 6.45) is 6.86. The van der Waals surface area contributed by atoms with Gasteiger partial charge in [-0.05, 0) is 50.3 Å². The molecule has 1 aliphatic carbocycles. The first-order valence-electron chi connectivity index (χ1n) is 6.70. The molecular weight excluding hydrogens is 226 g/mol. The number of pyridine rings is 1. The minimum absolute atomic E-state index is 0.0174. The lowest BCUT2D eigenvalue weighted by atomic mass is 10.00. The zero-order valence-electron chi connectivity index (χ0n) is 10.6. The van der Waals surface area contributed by atoms with Gasteiger partial charge in [-0.15, -0.1) is 0 Å². The summed E-state index contributed by atoms with van der Waals surface area (Å²) in [6.45, 7) is 3.05. The molecule has 4 nitrogen and oxygen atoms in total. The lowest BCUT2D eigenvalue weighted by Gasteiger charge is -2.19. The maximum atomic E-state index is 12.2. The second-order valence-electron chi connectivity index (χ2n) is 5.42. The Kier molecular flexibility index (Phi) is 3.04. The molecule has 1 aromatic heterocycles. The number of aryl methyl sites for hydroxylation is 1. The topological polar surface area (TPSA) is 54.0 Å². The van der Waals surface area contributed by atoms with E-state index in [1.54, 1.807) is 12.4 Å². The lowest BCUT2D eigenvalue weighted by Crippen LogP contribution is -2.39. The zero-order chi connectivity index (χ0) is 12.5. The van der Waals surface area contributed by atoms with E-state index in [-0.39, 0.29) is 5.91 Å². The average molecular weight is 245 g/mol. The number of fused-ring (bicyclic) bond motifs is 1. The van der Waals surface area contributed by atoms with Crippen molar-refractivity contribution in [3.63, 3.8) is 0 Å². The van der Waals surface area contributed by atoms with Crippen LogP contribution in [0.1, 0.15) is 35.2 Å². The molecule has 96 valence electrons. The van der Waals surface area contributed by atoms with Crippen molar-refractivity contribution < 1.29 is 4.79 Å². The van der Waals surface area contributed by atoms with Crippen LogP contribution in [0.3, 0.4) is 0 Å². The first-order chi connectivity index (χ1) is 8.74. The van der Waals surface area contributed by atoms with Crippen LogP contribution in [0.25, 0.3) is 0 Å². The number of amides is 1. The van der Waals surface area contributed by atoms with Gasteiger partial charge in [-0.3, -0.25) is 9.78 Å². The normalized spacial score (nSPS) is 30.2. The molecule has 2 aliphatic rings. The first kappa shape index (κ1) is 11.7. The smallest absolute Gasteiger partial charge is 0.253 e. The summed E-state index contributed by atoms with van der Waals surface area (Å²) in [6, 6.07) is 2.84. The molecule has 1 aromatic rings. The van der Waals surface area contributed by atoms with Gasteiger partial charge in [0.25, 0.3) is 5.91 Å². The quantitative estimate of drug-likeness (QED) is 0.824. The summed E-state index contributed by atoms with van der Waals surface area (Å²) in [5.41, 5.74) is 1.69. The van der Waals surface area contributed by atoms with Crippen molar-refractivity contribution in [3.8, 4) is 0 Å². The number of nitrogens with one attached hydrogen (secondary N) is 2. The monoisotopic (exact) mass is 245 g/mol. The van der Waals surface area contributed by atoms with Crippen molar-refractivity contribution in [2.75, 3.05) is 6.54 Å². The molecule has 3 rings (SSSR count). The van der Waals surface area contributed by atoms with E-state index in [4.69, 9.17) is 0 Å². The molecule has 18 heavy (non-hydrogen) atoms. The molecule has 2 fully saturated rings. The van der Waals surface area contributed by atoms with E-state index in [2.05, 4.69) is 15.6 Å². The second kappa shape index (κ2) is 4.69. The van der Waals surface area contributed by atoms with Gasteiger partial charge in [0, 0.05) is 24.5 Å². The minimum Gasteiger partial charge on any atom is -0.349 e. The number of aromatic nitrogens is 1. The van der Waals surface area contributed by atoms with Crippen LogP contribution in [-0.2, 0) is 0 Å². The van der Waals surface area contributed by atoms with Gasteiger partial charge < -0.3 is 10.6 Å². The molecule has 1 saturated heterocycles. The fourth-order valence-corrected chi connectivity index (χ4v) is 3.27. The number of carbonyl (C=O) groups excluding carboxylic acids is 1. The largest absolute Gasteiger partial charge is 0.349 e. The summed E-state index contributed by atoms with van der Waals surface area (Å²) in [5.74, 6) is 0.635. The number of nitrogens with zero attached hydrogens (tertiary/aromatic N) is 1. The average Bonchev–Trinajstić information content (AvgIpc) is 2.94. The summed E-state index contributed by atoms with van der Waals surface area (Å²) >= 11 is 0. The minimum atomic E-state index is 0.0174. The maximum absolute atomic E-state index is 12.2. The molecule has 0 bridgehead atoms. The van der Waals surface area contributed by atoms with E-state index in [9.17, 15) is 4.79 Å². The Morgan fingerprint density at radius 3 is 3.11 bits per heavy atom. The van der Waals surface area contributed by atoms with E-state index in [0.29, 0.717) is 23.6 Å². The van der Waals surface area contributed by atoms with Gasteiger partial charge >= 0.3 is 0 Å². The number of carbonyl (C=O) groups is 1. The Hall–Kier alpha value is -1.42. The zero-order valence-corrected chi connectivity index (χ0v) is 10.6. The van der Waals surface area contributed by atoms with Crippen LogP contribution in [0, 0.1) is 12.8 Å². The molecule has 0 spiro atoms. The van der Waals surface area contributed by atoms with Gasteiger partial charge in [0.05, 0.1) is 5.56 Å². The fraction of sp³-hybridized carbons (Fsp3) is 0.571. The van der Waals surface area contributed by atoms with Crippen LogP contribution in [0.4, 0.5) is 0 Å². The van der Waals surface area contributed by atoms with Crippen LogP contribution in [0.5, 0.6) is 0 Å². The van der Waals surface area contributed by atoms with Gasteiger partial charge in [0.15, 0.2) is 0 Å². The Bertz CT molecular complexity index is 460. The third kappa shape index (κ3) is 2.12. The van der Waals surface area contributed by atoms with Crippen molar-refractivity contribution in [1.82, 2.24) is 15.6 Å². The maximum Gasteiger partial charge on any atom is 0.253 e. The van der Waals surface area contributed by atoms with Crippen LogP contribution < -0.4 is 10.6 Å². The van der Waals surface area contributed by atoms with Gasteiger partial charge in [0.2, 0.25) is 0 Å². The molecule has 1 amide bonds. The van der Waals surface area contributed by atoms with Crippen molar-refractivity contribution in [3.05, 3.63) is 29.6 Å². The predicted molar refractivity (Wildman–Crippen MR) is 69.4 cm³/mol. The van der Waals surface area contributed by atoms with Crippen LogP contribution in [-0.4, -0.2) is 29.5 Å². The molecule has 3 atom stereocenters. The molecule has 1 unspecified atom stereocenters. The molecule has 2 N–H and O–H groups in total. The molecule has 1 aliphatic heterocycles. The first-order valence-corrected chi connectivity index (χ1v) is 6.70. The molecule has 4 heteroatoms. The molecular formula is C14H19N3O. The molecule has 0 aromatic carbocycles. The van der Waals surface area contributed by atoms with E-state index in [1.165, 1.54) is 12.8 Å². The van der Waals surface area contributed by atoms with E-state index in [0.717, 1.165) is 18.5 Å². The third-order valence-corrected chi connectivity index (χ3v) is 4.16. The number of hydrogen-bond donors (Lipinski definition) is 2. The molecule has 0 radical (unpaired) electrons. The summed E-state index contributed by atoms with van der Waals surface area (Å²) in [5, 5.41) is 6.68. The summed E-state index contributed by atoms with van der Waals surface area (Å²) in [4.78, 5) is 16.2. The highest BCUT2D eigenvalue weighted by Gasteiger charge is 2.39. The van der Waals surface area contributed by atoms with Gasteiger partial charge in [-0.1, -0.05) is 0 Å². The Labute approximate surface area is 107 Å². The highest BCUT2D eigenvalue weighted by Crippen LogP contribution is 2.32. The summed E-state index contributed by atoms with van der Waals surface area (Å²) in [7, 11) is 0. The highest BCUT2D eigenvalue weighted by atomic mass is 16.1. The number of rotatable bonds is 2. The Balaban J connectivity index is 1.68. The van der Waals surface area contributed by atoms with E-state index < -0.39 is 0 Å². The molecule has 1 saturated carbocycles. The standard InChI is InChI=1S/C14H19N3O/c1-9-6-10(8-15-7-9)14(18)17-13-3-2-12-11(13)4-5-16-12/h6-8,11-13,16H,2-5H2,1H3,(H,17,18)/t11-,12-,13?/m1/s1. The third-order valence-electron chi connectivity index (χ3n) is 4.16. The van der Waals surface area contributed by atoms with Crippen molar-refractivity contribution in [2.45, 2.75) is 38.3 Å². The summed E-state index contributed by atoms with van der Waals surface area (Å²) < 4.78 is 0. The highest BCUT2D eigenvalue weighted by molar-refractivity contribution is 5.94. The van der Waals surface area contributed by atoms with E-state index in [1.807, 2.05) is 13.0 Å². The number of hydrogen-bond acceptors (Lipinski definition) is 3. The van der Waals surface area contributed by atoms with Crippen molar-refractivity contribution >= 4 is 5.91 Å². The Morgan fingerprint density at radius 1 is 1.39 bits per heavy atom. The van der Waals surface area contributed by atoms with E-state index >= 15 is 0 Å². The molecule has 2 heterocycles. The van der Waals surface area contributed by atoms with Gasteiger partial charge in [-0.2, -0.15) is 0 Å².